The highest BCUT2D eigenvalue weighted by Gasteiger charge is 2.16. The molecule has 0 aliphatic heterocycles. The molecule has 0 atom stereocenters. The molecule has 3 heteroatoms. The van der Waals surface area contributed by atoms with E-state index in [0.717, 1.165) is 10.8 Å². The predicted octanol–water partition coefficient (Wildman–Crippen LogP) is 2.43. The van der Waals surface area contributed by atoms with Gasteiger partial charge in [-0.05, 0) is 5.92 Å². The van der Waals surface area contributed by atoms with Gasteiger partial charge in [0.25, 0.3) is 0 Å². The number of hydrogen-bond acceptors (Lipinski definition) is 0. The van der Waals surface area contributed by atoms with Crippen molar-refractivity contribution >= 4 is 0 Å². The first-order valence-corrected chi connectivity index (χ1v) is 3.54. The van der Waals surface area contributed by atoms with Crippen LogP contribution in [0.15, 0.2) is 6.20 Å². The third kappa shape index (κ3) is 1.27. The average Bonchev–Trinajstić information content (AvgIpc) is 2.07. The van der Waals surface area contributed by atoms with Gasteiger partial charge >= 0.3 is 0 Å². The van der Waals surface area contributed by atoms with Crippen LogP contribution in [0, 0.1) is 11.8 Å². The molecule has 0 N–H and O–H groups in total. The zero-order valence-corrected chi connectivity index (χ0v) is 6.86. The first-order chi connectivity index (χ1) is 5.04. The molecule has 0 aliphatic rings. The normalized spacial score (nSPS) is 11.1. The second kappa shape index (κ2) is 2.64. The standard InChI is InChI=1S/C8H11F2N/c1-5(2)7-6(9)4-11(3)8(7)10/h4-5H,1-3H3. The van der Waals surface area contributed by atoms with Crippen molar-refractivity contribution in [2.24, 2.45) is 7.05 Å². The molecule has 0 saturated heterocycles. The van der Waals surface area contributed by atoms with E-state index in [9.17, 15) is 8.78 Å². The van der Waals surface area contributed by atoms with Crippen molar-refractivity contribution in [3.05, 3.63) is 23.5 Å². The number of aromatic nitrogens is 1. The fourth-order valence-electron chi connectivity index (χ4n) is 1.10. The summed E-state index contributed by atoms with van der Waals surface area (Å²) in [5.41, 5.74) is 0.174. The van der Waals surface area contributed by atoms with E-state index in [1.165, 1.54) is 7.05 Å². The number of halogens is 2. The van der Waals surface area contributed by atoms with Crippen LogP contribution in [0.2, 0.25) is 0 Å². The van der Waals surface area contributed by atoms with Gasteiger partial charge in [0.05, 0.1) is 0 Å². The van der Waals surface area contributed by atoms with Gasteiger partial charge in [0.2, 0.25) is 0 Å². The molecule has 0 fully saturated rings. The Bertz CT molecular complexity index is 263. The zero-order valence-electron chi connectivity index (χ0n) is 6.86. The van der Waals surface area contributed by atoms with E-state index < -0.39 is 11.8 Å². The van der Waals surface area contributed by atoms with Gasteiger partial charge in [-0.15, -0.1) is 0 Å². The van der Waals surface area contributed by atoms with Gasteiger partial charge in [-0.2, -0.15) is 4.39 Å². The first kappa shape index (κ1) is 8.24. The fraction of sp³-hybridized carbons (Fsp3) is 0.500. The highest BCUT2D eigenvalue weighted by Crippen LogP contribution is 2.22. The van der Waals surface area contributed by atoms with E-state index in [0.29, 0.717) is 0 Å². The first-order valence-electron chi connectivity index (χ1n) is 3.54. The van der Waals surface area contributed by atoms with Crippen LogP contribution in [-0.4, -0.2) is 4.57 Å². The summed E-state index contributed by atoms with van der Waals surface area (Å²) in [6.07, 6.45) is 1.16. The van der Waals surface area contributed by atoms with Crippen LogP contribution in [0.25, 0.3) is 0 Å². The molecule has 0 aromatic carbocycles. The summed E-state index contributed by atoms with van der Waals surface area (Å²) in [6.45, 7) is 3.53. The molecule has 0 unspecified atom stereocenters. The lowest BCUT2D eigenvalue weighted by Gasteiger charge is -2.01. The molecular formula is C8H11F2N. The van der Waals surface area contributed by atoms with Gasteiger partial charge in [-0.1, -0.05) is 13.8 Å². The maximum Gasteiger partial charge on any atom is 0.199 e. The second-order valence-electron chi connectivity index (χ2n) is 2.95. The summed E-state index contributed by atoms with van der Waals surface area (Å²) < 4.78 is 27.0. The maximum atomic E-state index is 13.0. The topological polar surface area (TPSA) is 4.93 Å². The summed E-state index contributed by atoms with van der Waals surface area (Å²) in [6, 6.07) is 0. The molecule has 62 valence electrons. The van der Waals surface area contributed by atoms with Crippen molar-refractivity contribution in [3.8, 4) is 0 Å². The smallest absolute Gasteiger partial charge is 0.199 e. The van der Waals surface area contributed by atoms with E-state index in [2.05, 4.69) is 0 Å². The summed E-state index contributed by atoms with van der Waals surface area (Å²) >= 11 is 0. The van der Waals surface area contributed by atoms with Gasteiger partial charge in [0.1, 0.15) is 5.82 Å². The second-order valence-corrected chi connectivity index (χ2v) is 2.95. The Kier molecular flexibility index (Phi) is 1.98. The van der Waals surface area contributed by atoms with Crippen LogP contribution in [0.1, 0.15) is 25.3 Å². The van der Waals surface area contributed by atoms with Gasteiger partial charge in [-0.3, -0.25) is 0 Å². The summed E-state index contributed by atoms with van der Waals surface area (Å²) in [5, 5.41) is 0. The molecule has 1 aromatic heterocycles. The van der Waals surface area contributed by atoms with E-state index in [-0.39, 0.29) is 11.5 Å². The molecule has 0 saturated carbocycles. The Balaban J connectivity index is 3.22. The Labute approximate surface area is 64.6 Å². The molecule has 1 heterocycles. The number of nitrogens with zero attached hydrogens (tertiary/aromatic N) is 1. The summed E-state index contributed by atoms with van der Waals surface area (Å²) in [5.74, 6) is -1.03. The minimum Gasteiger partial charge on any atom is -0.325 e. The number of aryl methyl sites for hydroxylation is 1. The van der Waals surface area contributed by atoms with Crippen LogP contribution in [0.5, 0.6) is 0 Å². The minimum absolute atomic E-state index is 0.101. The zero-order chi connectivity index (χ0) is 8.59. The monoisotopic (exact) mass is 159 g/mol. The van der Waals surface area contributed by atoms with Crippen LogP contribution in [-0.2, 0) is 7.05 Å². The molecule has 1 rings (SSSR count). The Morgan fingerprint density at radius 2 is 1.91 bits per heavy atom. The van der Waals surface area contributed by atoms with Crippen LogP contribution in [0.4, 0.5) is 8.78 Å². The minimum atomic E-state index is -0.475. The Morgan fingerprint density at radius 3 is 2.09 bits per heavy atom. The Hall–Kier alpha value is -0.860. The third-order valence-electron chi connectivity index (χ3n) is 1.67. The van der Waals surface area contributed by atoms with E-state index in [1.807, 2.05) is 0 Å². The number of rotatable bonds is 1. The van der Waals surface area contributed by atoms with Gasteiger partial charge in [0, 0.05) is 18.8 Å². The van der Waals surface area contributed by atoms with Crippen molar-refractivity contribution < 1.29 is 8.78 Å². The van der Waals surface area contributed by atoms with Gasteiger partial charge in [-0.25, -0.2) is 4.39 Å². The highest BCUT2D eigenvalue weighted by molar-refractivity contribution is 5.18. The van der Waals surface area contributed by atoms with Gasteiger partial charge in [0.15, 0.2) is 5.95 Å². The molecule has 1 aromatic rings. The summed E-state index contributed by atoms with van der Waals surface area (Å²) in [4.78, 5) is 0. The van der Waals surface area contributed by atoms with Gasteiger partial charge < -0.3 is 4.57 Å². The Morgan fingerprint density at radius 1 is 1.36 bits per heavy atom. The van der Waals surface area contributed by atoms with Crippen molar-refractivity contribution in [1.29, 1.82) is 0 Å². The van der Waals surface area contributed by atoms with Crippen molar-refractivity contribution in [2.75, 3.05) is 0 Å². The lowest BCUT2D eigenvalue weighted by Crippen LogP contribution is -1.95. The quantitative estimate of drug-likeness (QED) is 0.593. The van der Waals surface area contributed by atoms with E-state index in [1.54, 1.807) is 13.8 Å². The molecule has 0 bridgehead atoms. The molecule has 1 nitrogen and oxygen atoms in total. The lowest BCUT2D eigenvalue weighted by molar-refractivity contribution is 0.512. The lowest BCUT2D eigenvalue weighted by atomic mass is 10.1. The number of hydrogen-bond donors (Lipinski definition) is 0. The van der Waals surface area contributed by atoms with E-state index >= 15 is 0 Å². The molecule has 0 amide bonds. The molecule has 0 spiro atoms. The highest BCUT2D eigenvalue weighted by atomic mass is 19.1. The predicted molar refractivity (Wildman–Crippen MR) is 39.4 cm³/mol. The molecular weight excluding hydrogens is 148 g/mol. The molecule has 11 heavy (non-hydrogen) atoms. The summed E-state index contributed by atoms with van der Waals surface area (Å²) in [7, 11) is 1.49. The maximum absolute atomic E-state index is 13.0. The van der Waals surface area contributed by atoms with Crippen molar-refractivity contribution in [2.45, 2.75) is 19.8 Å². The van der Waals surface area contributed by atoms with Crippen LogP contribution in [0.3, 0.4) is 0 Å². The fourth-order valence-corrected chi connectivity index (χ4v) is 1.10. The van der Waals surface area contributed by atoms with Crippen molar-refractivity contribution in [1.82, 2.24) is 4.57 Å². The van der Waals surface area contributed by atoms with Crippen LogP contribution < -0.4 is 0 Å². The average molecular weight is 159 g/mol. The largest absolute Gasteiger partial charge is 0.325 e. The SMILES string of the molecule is CC(C)c1c(F)cn(C)c1F. The van der Waals surface area contributed by atoms with Crippen molar-refractivity contribution in [3.63, 3.8) is 0 Å². The molecule has 0 radical (unpaired) electrons. The molecule has 0 aliphatic carbocycles. The third-order valence-corrected chi connectivity index (χ3v) is 1.67. The van der Waals surface area contributed by atoms with Crippen LogP contribution >= 0.6 is 0 Å². The van der Waals surface area contributed by atoms with E-state index in [4.69, 9.17) is 0 Å².